The van der Waals surface area contributed by atoms with Gasteiger partial charge in [-0.3, -0.25) is 0 Å². The molecule has 0 amide bonds. The van der Waals surface area contributed by atoms with Gasteiger partial charge in [-0.2, -0.15) is 5.26 Å². The minimum absolute atomic E-state index is 0.198. The molecule has 0 aromatic heterocycles. The molecule has 0 aliphatic rings. The Balaban J connectivity index is 3.75. The SMILES string of the molecule is CC(C)NCC(O)CN(C)C(C)CC#N. The lowest BCUT2D eigenvalue weighted by Crippen LogP contribution is -2.41. The highest BCUT2D eigenvalue weighted by Crippen LogP contribution is 2.00. The number of nitriles is 1. The summed E-state index contributed by atoms with van der Waals surface area (Å²) in [5, 5.41) is 21.4. The molecule has 2 N–H and O–H groups in total. The molecule has 0 fully saturated rings. The zero-order valence-corrected chi connectivity index (χ0v) is 10.2. The minimum atomic E-state index is -0.376. The molecular weight excluding hydrogens is 190 g/mol. The third kappa shape index (κ3) is 7.32. The Bertz CT molecular complexity index is 200. The first-order chi connectivity index (χ1) is 6.97. The molecule has 0 saturated carbocycles. The average Bonchev–Trinajstić information content (AvgIpc) is 2.15. The zero-order valence-electron chi connectivity index (χ0n) is 10.2. The van der Waals surface area contributed by atoms with Gasteiger partial charge in [0.05, 0.1) is 18.6 Å². The van der Waals surface area contributed by atoms with Crippen molar-refractivity contribution < 1.29 is 5.11 Å². The number of aliphatic hydroxyl groups is 1. The van der Waals surface area contributed by atoms with Crippen molar-refractivity contribution in [1.29, 1.82) is 5.26 Å². The molecule has 15 heavy (non-hydrogen) atoms. The normalized spacial score (nSPS) is 15.3. The summed E-state index contributed by atoms with van der Waals surface area (Å²) in [5.74, 6) is 0. The number of hydrogen-bond acceptors (Lipinski definition) is 4. The molecule has 88 valence electrons. The Labute approximate surface area is 92.9 Å². The van der Waals surface area contributed by atoms with Gasteiger partial charge in [0.2, 0.25) is 0 Å². The van der Waals surface area contributed by atoms with Gasteiger partial charge in [-0.05, 0) is 14.0 Å². The molecule has 0 aromatic carbocycles. The van der Waals surface area contributed by atoms with Crippen molar-refractivity contribution in [3.05, 3.63) is 0 Å². The van der Waals surface area contributed by atoms with Crippen LogP contribution in [0.3, 0.4) is 0 Å². The number of nitrogens with one attached hydrogen (secondary N) is 1. The van der Waals surface area contributed by atoms with Gasteiger partial charge in [0.15, 0.2) is 0 Å². The molecule has 0 saturated heterocycles. The first kappa shape index (κ1) is 14.4. The lowest BCUT2D eigenvalue weighted by molar-refractivity contribution is 0.106. The fourth-order valence-electron chi connectivity index (χ4n) is 1.24. The van der Waals surface area contributed by atoms with E-state index in [0.717, 1.165) is 0 Å². The molecule has 2 atom stereocenters. The third-order valence-corrected chi connectivity index (χ3v) is 2.40. The van der Waals surface area contributed by atoms with Crippen LogP contribution < -0.4 is 5.32 Å². The van der Waals surface area contributed by atoms with Crippen LogP contribution in [0, 0.1) is 11.3 Å². The van der Waals surface area contributed by atoms with E-state index >= 15 is 0 Å². The fourth-order valence-corrected chi connectivity index (χ4v) is 1.24. The summed E-state index contributed by atoms with van der Waals surface area (Å²) in [6.07, 6.45) is 0.124. The Morgan fingerprint density at radius 1 is 1.40 bits per heavy atom. The van der Waals surface area contributed by atoms with Gasteiger partial charge in [0.25, 0.3) is 0 Å². The maximum Gasteiger partial charge on any atom is 0.0791 e. The van der Waals surface area contributed by atoms with E-state index in [1.807, 2.05) is 18.9 Å². The van der Waals surface area contributed by atoms with Crippen LogP contribution in [-0.2, 0) is 0 Å². The fraction of sp³-hybridized carbons (Fsp3) is 0.909. The van der Waals surface area contributed by atoms with Gasteiger partial charge in [-0.1, -0.05) is 13.8 Å². The zero-order chi connectivity index (χ0) is 11.8. The Hall–Kier alpha value is -0.630. The summed E-state index contributed by atoms with van der Waals surface area (Å²) >= 11 is 0. The van der Waals surface area contributed by atoms with E-state index < -0.39 is 0 Å². The summed E-state index contributed by atoms with van der Waals surface area (Å²) in [5.41, 5.74) is 0. The standard InChI is InChI=1S/C11H23N3O/c1-9(2)13-7-11(15)8-14(4)10(3)5-6-12/h9-11,13,15H,5,7-8H2,1-4H3. The average molecular weight is 213 g/mol. The van der Waals surface area contributed by atoms with Crippen LogP contribution in [0.25, 0.3) is 0 Å². The van der Waals surface area contributed by atoms with Crippen molar-refractivity contribution in [2.45, 2.75) is 45.4 Å². The van der Waals surface area contributed by atoms with E-state index in [-0.39, 0.29) is 12.1 Å². The molecule has 4 nitrogen and oxygen atoms in total. The second kappa shape index (κ2) is 7.63. The lowest BCUT2D eigenvalue weighted by Gasteiger charge is -2.25. The predicted molar refractivity (Wildman–Crippen MR) is 61.5 cm³/mol. The second-order valence-corrected chi connectivity index (χ2v) is 4.37. The molecule has 4 heteroatoms. The minimum Gasteiger partial charge on any atom is -0.390 e. The number of likely N-dealkylation sites (N-methyl/N-ethyl adjacent to an activating group) is 1. The quantitative estimate of drug-likeness (QED) is 0.649. The van der Waals surface area contributed by atoms with E-state index in [4.69, 9.17) is 5.26 Å². The first-order valence-corrected chi connectivity index (χ1v) is 5.46. The highest BCUT2D eigenvalue weighted by molar-refractivity contribution is 4.79. The van der Waals surface area contributed by atoms with E-state index in [1.165, 1.54) is 0 Å². The Morgan fingerprint density at radius 3 is 2.47 bits per heavy atom. The van der Waals surface area contributed by atoms with Crippen molar-refractivity contribution >= 4 is 0 Å². The molecule has 0 radical (unpaired) electrons. The number of aliphatic hydroxyl groups excluding tert-OH is 1. The van der Waals surface area contributed by atoms with Gasteiger partial charge >= 0.3 is 0 Å². The van der Waals surface area contributed by atoms with Crippen molar-refractivity contribution in [3.8, 4) is 6.07 Å². The molecule has 0 aliphatic heterocycles. The molecule has 0 aliphatic carbocycles. The van der Waals surface area contributed by atoms with Crippen LogP contribution in [0.15, 0.2) is 0 Å². The summed E-state index contributed by atoms with van der Waals surface area (Å²) < 4.78 is 0. The monoisotopic (exact) mass is 213 g/mol. The highest BCUT2D eigenvalue weighted by Gasteiger charge is 2.13. The molecule has 0 spiro atoms. The van der Waals surface area contributed by atoms with Gasteiger partial charge < -0.3 is 15.3 Å². The van der Waals surface area contributed by atoms with Crippen LogP contribution in [0.5, 0.6) is 0 Å². The van der Waals surface area contributed by atoms with Gasteiger partial charge in [-0.25, -0.2) is 0 Å². The second-order valence-electron chi connectivity index (χ2n) is 4.37. The number of hydrogen-bond donors (Lipinski definition) is 2. The first-order valence-electron chi connectivity index (χ1n) is 5.46. The lowest BCUT2D eigenvalue weighted by atomic mass is 10.2. The summed E-state index contributed by atoms with van der Waals surface area (Å²) in [6, 6.07) is 2.72. The highest BCUT2D eigenvalue weighted by atomic mass is 16.3. The topological polar surface area (TPSA) is 59.3 Å². The van der Waals surface area contributed by atoms with Crippen LogP contribution >= 0.6 is 0 Å². The van der Waals surface area contributed by atoms with Gasteiger partial charge in [0, 0.05) is 25.2 Å². The Morgan fingerprint density at radius 2 is 2.00 bits per heavy atom. The van der Waals surface area contributed by atoms with Crippen molar-refractivity contribution in [3.63, 3.8) is 0 Å². The van der Waals surface area contributed by atoms with Crippen molar-refractivity contribution in [1.82, 2.24) is 10.2 Å². The van der Waals surface area contributed by atoms with Crippen molar-refractivity contribution in [2.24, 2.45) is 0 Å². The summed E-state index contributed by atoms with van der Waals surface area (Å²) in [4.78, 5) is 2.01. The van der Waals surface area contributed by atoms with Gasteiger partial charge in [0.1, 0.15) is 0 Å². The summed E-state index contributed by atoms with van der Waals surface area (Å²) in [6.45, 7) is 7.29. The van der Waals surface area contributed by atoms with E-state index in [1.54, 1.807) is 0 Å². The van der Waals surface area contributed by atoms with Crippen LogP contribution in [0.4, 0.5) is 0 Å². The Kier molecular flexibility index (Phi) is 7.31. The molecule has 0 aromatic rings. The molecule has 0 bridgehead atoms. The predicted octanol–water partition coefficient (Wildman–Crippen LogP) is 0.579. The largest absolute Gasteiger partial charge is 0.390 e. The van der Waals surface area contributed by atoms with Crippen LogP contribution in [-0.4, -0.2) is 48.3 Å². The smallest absolute Gasteiger partial charge is 0.0791 e. The molecule has 0 heterocycles. The number of rotatable bonds is 7. The molecule has 2 unspecified atom stereocenters. The van der Waals surface area contributed by atoms with E-state index in [2.05, 4.69) is 25.2 Å². The number of nitrogens with zero attached hydrogens (tertiary/aromatic N) is 2. The third-order valence-electron chi connectivity index (χ3n) is 2.40. The maximum absolute atomic E-state index is 9.70. The molecule has 0 rings (SSSR count). The van der Waals surface area contributed by atoms with Crippen molar-refractivity contribution in [2.75, 3.05) is 20.1 Å². The van der Waals surface area contributed by atoms with Crippen LogP contribution in [0.1, 0.15) is 27.2 Å². The maximum atomic E-state index is 9.70. The van der Waals surface area contributed by atoms with E-state index in [0.29, 0.717) is 25.6 Å². The van der Waals surface area contributed by atoms with Gasteiger partial charge in [-0.15, -0.1) is 0 Å². The summed E-state index contributed by atoms with van der Waals surface area (Å²) in [7, 11) is 1.93. The molecular formula is C11H23N3O. The van der Waals surface area contributed by atoms with E-state index in [9.17, 15) is 5.11 Å². The van der Waals surface area contributed by atoms with Crippen LogP contribution in [0.2, 0.25) is 0 Å².